The molecule has 0 unspecified atom stereocenters. The number of rotatable bonds is 45. The molecule has 0 bridgehead atoms. The number of urea groups is 1. The van der Waals surface area contributed by atoms with Crippen LogP contribution in [0.25, 0.3) is 32.9 Å². The standard InChI is InChI=1S/C98H109N17O19S2/c1-97(106-41-16-19-65-26-31-78(130-3)77(54-65)113-45-37-85(122)115(96(113)129)62-104-82(119)57-100-79(116)32-33-86(123)124)39-46-111(47-40-97)68-35-43-112(44-36-68)95-108-75-30-27-66(74-60-110(2)92(126)87-72(74)34-42-99-87)55-73(75)90(109-95)98(134-69-28-29-69,67-20-10-5-11-21-67)61-133-63-105-83(120)58-103-91(125)76(53-64-17-8-4-9-18-64)107-84(121)59-102-81(118)56-101-80(117)38-49-131-51-52-132-50-48-114-93(127)88(135-70-22-12-6-13-23-70)89(94(114)128)136-71-24-14-7-15-25-71/h4-15,17-18,20-27,30-31,34,42,54-55,60,68-69,76,99,106H,28-29,32-33,35-41,43-53,56-59,61-63H2,1-3H3,(H,100,116)(H,101,117)(H,102,118)(H,103,125)(H,104,119)(H,105,120)(H,107,121)(H,123,124)/t76-,98-/m0/s1. The number of aliphatic carboxylic acids is 1. The van der Waals surface area contributed by atoms with Gasteiger partial charge in [0, 0.05) is 121 Å². The lowest BCUT2D eigenvalue weighted by Crippen LogP contribution is -2.56. The summed E-state index contributed by atoms with van der Waals surface area (Å²) in [6, 6.07) is 48.7. The van der Waals surface area contributed by atoms with Crippen LogP contribution in [0.4, 0.5) is 16.4 Å². The van der Waals surface area contributed by atoms with Crippen LogP contribution in [-0.4, -0.2) is 260 Å². The number of carbonyl (C=O) groups excluding carboxylic acids is 11. The number of anilines is 2. The van der Waals surface area contributed by atoms with Gasteiger partial charge in [0.15, 0.2) is 5.60 Å². The van der Waals surface area contributed by atoms with Crippen LogP contribution in [0.5, 0.6) is 5.75 Å². The second-order valence-corrected chi connectivity index (χ2v) is 35.7. The number of piperidine rings is 2. The quantitative estimate of drug-likeness (QED) is 0.00861. The van der Waals surface area contributed by atoms with Crippen LogP contribution in [0.15, 0.2) is 201 Å². The number of ether oxygens (including phenoxy) is 5. The predicted molar refractivity (Wildman–Crippen MR) is 507 cm³/mol. The molecule has 2 atom stereocenters. The summed E-state index contributed by atoms with van der Waals surface area (Å²) < 4.78 is 32.4. The Hall–Kier alpha value is -13.7. The smallest absolute Gasteiger partial charge is 0.332 e. The molecular formula is C98H109N17O19S2. The van der Waals surface area contributed by atoms with Crippen molar-refractivity contribution >= 4 is 128 Å². The Labute approximate surface area is 793 Å². The van der Waals surface area contributed by atoms with Gasteiger partial charge < -0.3 is 90.7 Å². The monoisotopic (exact) mass is 1890 g/mol. The lowest BCUT2D eigenvalue weighted by Gasteiger charge is -2.45. The molecule has 0 spiro atoms. The highest BCUT2D eigenvalue weighted by Crippen LogP contribution is 2.46. The van der Waals surface area contributed by atoms with Gasteiger partial charge in [-0.1, -0.05) is 138 Å². The van der Waals surface area contributed by atoms with Gasteiger partial charge in [-0.05, 0) is 123 Å². The molecule has 7 heterocycles. The molecule has 3 aromatic heterocycles. The SMILES string of the molecule is COc1ccc(C#CCNC2(C)CCN(C3CCN(c4nc([C@@](COCNC(=O)CNC(=O)[C@H](Cc5ccccc5)NC(=O)CNC(=O)CNC(=O)CCOCCOCCN5C(=O)C(Sc6ccccc6)=C(Sc6ccccc6)C5=O)(OC5CC5)c5ccccc5)c5cc(-c6cn(C)c(=O)c7[nH]ccc67)ccc5n4)CC3)CC2)cc1N1CCC(=O)N(CNC(=O)CNC(=O)CCC(=O)O)C1=O. The summed E-state index contributed by atoms with van der Waals surface area (Å²) in [6.07, 6.45) is 7.42. The molecule has 3 saturated heterocycles. The number of pyridine rings is 1. The van der Waals surface area contributed by atoms with E-state index in [0.29, 0.717) is 80.1 Å². The Kier molecular flexibility index (Phi) is 34.0. The third kappa shape index (κ3) is 26.1. The molecule has 5 aliphatic rings. The van der Waals surface area contributed by atoms with Crippen LogP contribution in [0.1, 0.15) is 93.5 Å². The zero-order valence-electron chi connectivity index (χ0n) is 75.7. The van der Waals surface area contributed by atoms with Crippen molar-refractivity contribution in [3.8, 4) is 28.7 Å². The van der Waals surface area contributed by atoms with E-state index in [-0.39, 0.29) is 102 Å². The largest absolute Gasteiger partial charge is 0.495 e. The Morgan fingerprint density at radius 1 is 0.625 bits per heavy atom. The highest BCUT2D eigenvalue weighted by atomic mass is 32.2. The molecule has 4 aliphatic heterocycles. The number of fused-ring (bicyclic) bond motifs is 2. The maximum absolute atomic E-state index is 14.1. The zero-order chi connectivity index (χ0) is 95.7. The van der Waals surface area contributed by atoms with Crippen LogP contribution in [0, 0.1) is 11.8 Å². The summed E-state index contributed by atoms with van der Waals surface area (Å²) in [6.45, 7) is 2.94. The minimum Gasteiger partial charge on any atom is -0.495 e. The van der Waals surface area contributed by atoms with E-state index in [1.165, 1.54) is 40.4 Å². The van der Waals surface area contributed by atoms with Crippen molar-refractivity contribution < 1.29 is 86.3 Å². The number of benzene rings is 6. The number of methoxy groups -OCH3 is 1. The van der Waals surface area contributed by atoms with E-state index >= 15 is 0 Å². The number of nitrogens with zero attached hydrogens (tertiary/aromatic N) is 8. The molecule has 12 amide bonds. The molecule has 6 aromatic carbocycles. The van der Waals surface area contributed by atoms with Crippen molar-refractivity contribution in [3.05, 3.63) is 219 Å². The fourth-order valence-corrected chi connectivity index (χ4v) is 18.3. The van der Waals surface area contributed by atoms with E-state index in [4.69, 9.17) is 38.8 Å². The molecule has 10 N–H and O–H groups in total. The highest BCUT2D eigenvalue weighted by molar-refractivity contribution is 8.08. The van der Waals surface area contributed by atoms with Crippen molar-refractivity contribution in [1.29, 1.82) is 0 Å². The van der Waals surface area contributed by atoms with Gasteiger partial charge in [-0.2, -0.15) is 0 Å². The van der Waals surface area contributed by atoms with Gasteiger partial charge in [-0.3, -0.25) is 67.3 Å². The number of aryl methyl sites for hydroxylation is 1. The van der Waals surface area contributed by atoms with Gasteiger partial charge in [-0.15, -0.1) is 0 Å². The number of H-pyrrole nitrogens is 1. The summed E-state index contributed by atoms with van der Waals surface area (Å²) in [4.78, 5) is 195. The molecule has 1 saturated carbocycles. The van der Waals surface area contributed by atoms with E-state index in [9.17, 15) is 62.3 Å². The van der Waals surface area contributed by atoms with E-state index in [0.717, 1.165) is 88.4 Å². The molecule has 712 valence electrons. The van der Waals surface area contributed by atoms with Crippen LogP contribution < -0.4 is 62.6 Å². The number of carbonyl (C=O) groups is 12. The van der Waals surface area contributed by atoms with Crippen LogP contribution in [0.3, 0.4) is 0 Å². The number of imide groups is 2. The van der Waals surface area contributed by atoms with E-state index in [2.05, 4.69) is 76.1 Å². The van der Waals surface area contributed by atoms with Gasteiger partial charge >= 0.3 is 12.0 Å². The number of aromatic amines is 1. The summed E-state index contributed by atoms with van der Waals surface area (Å²) in [7, 11) is 3.18. The summed E-state index contributed by atoms with van der Waals surface area (Å²) in [5.41, 5.74) is 3.76. The number of hydrogen-bond acceptors (Lipinski definition) is 25. The first-order valence-electron chi connectivity index (χ1n) is 45.1. The van der Waals surface area contributed by atoms with E-state index in [1.54, 1.807) is 66.3 Å². The number of carboxylic acid groups (broad SMARTS) is 1. The van der Waals surface area contributed by atoms with Crippen molar-refractivity contribution in [3.63, 3.8) is 0 Å². The molecule has 9 aromatic rings. The average molecular weight is 1890 g/mol. The van der Waals surface area contributed by atoms with Gasteiger partial charge in [-0.25, -0.2) is 19.7 Å². The lowest BCUT2D eigenvalue weighted by atomic mass is 9.87. The molecular weight excluding hydrogens is 1780 g/mol. The third-order valence-electron chi connectivity index (χ3n) is 23.9. The molecule has 36 nitrogen and oxygen atoms in total. The van der Waals surface area contributed by atoms with Crippen molar-refractivity contribution in [1.82, 2.24) is 76.8 Å². The molecule has 14 rings (SSSR count). The van der Waals surface area contributed by atoms with Gasteiger partial charge in [0.25, 0.3) is 17.4 Å². The number of thioether (sulfide) groups is 2. The van der Waals surface area contributed by atoms with Crippen molar-refractivity contribution in [2.45, 2.75) is 117 Å². The normalized spacial score (nSPS) is 15.9. The van der Waals surface area contributed by atoms with E-state index in [1.807, 2.05) is 121 Å². The minimum atomic E-state index is -1.43. The maximum Gasteiger partial charge on any atom is 0.332 e. The zero-order valence-corrected chi connectivity index (χ0v) is 77.3. The fraction of sp³-hybridized carbons (Fsp3) is 0.378. The average Bonchev–Trinajstić information content (AvgIpc) is 1.13. The van der Waals surface area contributed by atoms with Crippen molar-refractivity contribution in [2.24, 2.45) is 7.05 Å². The third-order valence-corrected chi connectivity index (χ3v) is 26.2. The van der Waals surface area contributed by atoms with Crippen LogP contribution in [0.2, 0.25) is 0 Å². The second-order valence-electron chi connectivity index (χ2n) is 33.5. The van der Waals surface area contributed by atoms with Crippen LogP contribution in [-0.2, 0) is 90.8 Å². The number of hydrogen-bond donors (Lipinski definition) is 10. The summed E-state index contributed by atoms with van der Waals surface area (Å²) in [5, 5.41) is 31.8. The molecule has 38 heteroatoms. The van der Waals surface area contributed by atoms with Crippen molar-refractivity contribution in [2.75, 3.05) is 135 Å². The molecule has 4 fully saturated rings. The molecule has 0 radical (unpaired) electrons. The number of aromatic nitrogens is 4. The fourth-order valence-electron chi connectivity index (χ4n) is 16.3. The predicted octanol–water partition coefficient (Wildman–Crippen LogP) is 6.34. The number of amides is 12. The van der Waals surface area contributed by atoms with Gasteiger partial charge in [0.2, 0.25) is 53.2 Å². The lowest BCUT2D eigenvalue weighted by molar-refractivity contribution is -0.139. The number of carboxylic acids is 1. The van der Waals surface area contributed by atoms with Crippen LogP contribution >= 0.6 is 23.5 Å². The van der Waals surface area contributed by atoms with Gasteiger partial charge in [0.05, 0.1) is 119 Å². The first-order chi connectivity index (χ1) is 65.9. The first kappa shape index (κ1) is 98.3. The molecule has 1 aliphatic carbocycles. The number of nitrogens with one attached hydrogen (secondary N) is 9. The Morgan fingerprint density at radius 3 is 1.92 bits per heavy atom. The minimum absolute atomic E-state index is 0.00699. The Morgan fingerprint density at radius 2 is 1.25 bits per heavy atom. The van der Waals surface area contributed by atoms with Gasteiger partial charge in [0.1, 0.15) is 30.7 Å². The topological polar surface area (TPSA) is 447 Å². The first-order valence-corrected chi connectivity index (χ1v) is 46.7. The summed E-state index contributed by atoms with van der Waals surface area (Å²) in [5.74, 6) is 0.343. The Bertz CT molecular complexity index is 5960. The maximum atomic E-state index is 14.1. The number of likely N-dealkylation sites (tertiary alicyclic amines) is 1. The van der Waals surface area contributed by atoms with E-state index < -0.39 is 122 Å². The highest BCUT2D eigenvalue weighted by Gasteiger charge is 2.46. The molecule has 136 heavy (non-hydrogen) atoms. The second kappa shape index (κ2) is 47.0. The summed E-state index contributed by atoms with van der Waals surface area (Å²) >= 11 is 2.48. The Balaban J connectivity index is 0.561.